The molecule has 0 saturated heterocycles. The van der Waals surface area contributed by atoms with Crippen LogP contribution in [0.1, 0.15) is 26.7 Å². The molecule has 0 bridgehead atoms. The monoisotopic (exact) mass is 284 g/mol. The van der Waals surface area contributed by atoms with Crippen molar-refractivity contribution >= 4 is 17.5 Å². The molecule has 0 aliphatic heterocycles. The topological polar surface area (TPSA) is 59.1 Å². The number of rotatable bonds is 6. The zero-order valence-corrected chi connectivity index (χ0v) is 12.3. The van der Waals surface area contributed by atoms with E-state index >= 15 is 0 Å². The summed E-state index contributed by atoms with van der Waals surface area (Å²) in [6.07, 6.45) is 4.32. The summed E-state index contributed by atoms with van der Waals surface area (Å²) in [6.45, 7) is 4.01. The van der Waals surface area contributed by atoms with Crippen LogP contribution in [0, 0.1) is 0 Å². The van der Waals surface area contributed by atoms with Crippen molar-refractivity contribution in [3.8, 4) is 5.75 Å². The van der Waals surface area contributed by atoms with Gasteiger partial charge in [0.25, 0.3) is 0 Å². The highest BCUT2D eigenvalue weighted by molar-refractivity contribution is 5.63. The first kappa shape index (κ1) is 13.7. The summed E-state index contributed by atoms with van der Waals surface area (Å²) in [5.41, 5.74) is 0.870. The van der Waals surface area contributed by atoms with Gasteiger partial charge in [0.15, 0.2) is 0 Å². The van der Waals surface area contributed by atoms with Gasteiger partial charge in [0.1, 0.15) is 11.6 Å². The summed E-state index contributed by atoms with van der Waals surface area (Å²) in [5, 5.41) is 6.59. The summed E-state index contributed by atoms with van der Waals surface area (Å²) < 4.78 is 5.79. The van der Waals surface area contributed by atoms with Crippen LogP contribution >= 0.6 is 0 Å². The SMILES string of the molecule is CC(C)Oc1ccccc1Nc1nccc(NC2CC2)n1. The minimum absolute atomic E-state index is 0.122. The minimum Gasteiger partial charge on any atom is -0.489 e. The number of aromatic nitrogens is 2. The summed E-state index contributed by atoms with van der Waals surface area (Å²) in [5.74, 6) is 2.23. The van der Waals surface area contributed by atoms with Gasteiger partial charge in [0, 0.05) is 12.2 Å². The molecule has 1 fully saturated rings. The van der Waals surface area contributed by atoms with Crippen LogP contribution in [0.25, 0.3) is 0 Å². The number of para-hydroxylation sites is 2. The summed E-state index contributed by atoms with van der Waals surface area (Å²) in [4.78, 5) is 8.74. The molecule has 0 spiro atoms. The molecule has 110 valence electrons. The maximum absolute atomic E-state index is 5.79. The zero-order chi connectivity index (χ0) is 14.7. The predicted molar refractivity (Wildman–Crippen MR) is 84.2 cm³/mol. The third-order valence-electron chi connectivity index (χ3n) is 3.08. The zero-order valence-electron chi connectivity index (χ0n) is 12.3. The molecule has 0 atom stereocenters. The van der Waals surface area contributed by atoms with Crippen LogP contribution in [0.15, 0.2) is 36.5 Å². The molecule has 2 aromatic rings. The van der Waals surface area contributed by atoms with Gasteiger partial charge in [-0.2, -0.15) is 4.98 Å². The third-order valence-corrected chi connectivity index (χ3v) is 3.08. The molecule has 0 radical (unpaired) electrons. The van der Waals surface area contributed by atoms with E-state index in [0.29, 0.717) is 12.0 Å². The smallest absolute Gasteiger partial charge is 0.229 e. The Hall–Kier alpha value is -2.30. The Morgan fingerprint density at radius 1 is 1.19 bits per heavy atom. The van der Waals surface area contributed by atoms with Crippen LogP contribution in [0.5, 0.6) is 5.75 Å². The summed E-state index contributed by atoms with van der Waals surface area (Å²) >= 11 is 0. The first-order chi connectivity index (χ1) is 10.2. The molecular formula is C16H20N4O. The Morgan fingerprint density at radius 2 is 2.00 bits per heavy atom. The fourth-order valence-corrected chi connectivity index (χ4v) is 1.98. The Kier molecular flexibility index (Phi) is 3.90. The average molecular weight is 284 g/mol. The molecular weight excluding hydrogens is 264 g/mol. The van der Waals surface area contributed by atoms with Gasteiger partial charge >= 0.3 is 0 Å². The maximum Gasteiger partial charge on any atom is 0.229 e. The molecule has 5 nitrogen and oxygen atoms in total. The number of hydrogen-bond acceptors (Lipinski definition) is 5. The first-order valence-corrected chi connectivity index (χ1v) is 7.33. The molecule has 2 N–H and O–H groups in total. The number of ether oxygens (including phenoxy) is 1. The molecule has 1 saturated carbocycles. The lowest BCUT2D eigenvalue weighted by Gasteiger charge is -2.15. The van der Waals surface area contributed by atoms with Crippen molar-refractivity contribution in [2.45, 2.75) is 38.8 Å². The second-order valence-electron chi connectivity index (χ2n) is 5.47. The van der Waals surface area contributed by atoms with Crippen LogP contribution in [0.3, 0.4) is 0 Å². The van der Waals surface area contributed by atoms with Gasteiger partial charge in [-0.1, -0.05) is 12.1 Å². The minimum atomic E-state index is 0.122. The maximum atomic E-state index is 5.79. The van der Waals surface area contributed by atoms with Gasteiger partial charge in [0.05, 0.1) is 11.8 Å². The van der Waals surface area contributed by atoms with Crippen LogP contribution in [0.4, 0.5) is 17.5 Å². The van der Waals surface area contributed by atoms with Gasteiger partial charge < -0.3 is 15.4 Å². The second-order valence-corrected chi connectivity index (χ2v) is 5.47. The van der Waals surface area contributed by atoms with Crippen molar-refractivity contribution in [2.24, 2.45) is 0 Å². The first-order valence-electron chi connectivity index (χ1n) is 7.33. The van der Waals surface area contributed by atoms with E-state index in [1.165, 1.54) is 12.8 Å². The molecule has 1 aliphatic rings. The molecule has 0 unspecified atom stereocenters. The van der Waals surface area contributed by atoms with Crippen molar-refractivity contribution in [3.63, 3.8) is 0 Å². The van der Waals surface area contributed by atoms with Gasteiger partial charge in [0.2, 0.25) is 5.95 Å². The highest BCUT2D eigenvalue weighted by Gasteiger charge is 2.21. The van der Waals surface area contributed by atoms with E-state index in [2.05, 4.69) is 20.6 Å². The predicted octanol–water partition coefficient (Wildman–Crippen LogP) is 3.58. The largest absolute Gasteiger partial charge is 0.489 e. The van der Waals surface area contributed by atoms with E-state index in [1.54, 1.807) is 6.20 Å². The lowest BCUT2D eigenvalue weighted by atomic mass is 10.3. The van der Waals surface area contributed by atoms with Crippen molar-refractivity contribution in [3.05, 3.63) is 36.5 Å². The highest BCUT2D eigenvalue weighted by Crippen LogP contribution is 2.28. The van der Waals surface area contributed by atoms with Crippen LogP contribution in [0.2, 0.25) is 0 Å². The molecule has 5 heteroatoms. The Morgan fingerprint density at radius 3 is 2.76 bits per heavy atom. The molecule has 1 heterocycles. The standard InChI is InChI=1S/C16H20N4O/c1-11(2)21-14-6-4-3-5-13(14)19-16-17-10-9-15(20-16)18-12-7-8-12/h3-6,9-12H,7-8H2,1-2H3,(H2,17,18,19,20). The van der Waals surface area contributed by atoms with Crippen molar-refractivity contribution in [2.75, 3.05) is 10.6 Å². The lowest BCUT2D eigenvalue weighted by molar-refractivity contribution is 0.244. The van der Waals surface area contributed by atoms with E-state index in [-0.39, 0.29) is 6.10 Å². The van der Waals surface area contributed by atoms with E-state index < -0.39 is 0 Å². The van der Waals surface area contributed by atoms with Crippen LogP contribution in [-0.2, 0) is 0 Å². The molecule has 21 heavy (non-hydrogen) atoms. The van der Waals surface area contributed by atoms with E-state index in [4.69, 9.17) is 4.74 Å². The average Bonchev–Trinajstić information content (AvgIpc) is 3.25. The summed E-state index contributed by atoms with van der Waals surface area (Å²) in [6, 6.07) is 10.3. The number of benzene rings is 1. The quantitative estimate of drug-likeness (QED) is 0.849. The van der Waals surface area contributed by atoms with Gasteiger partial charge in [-0.05, 0) is 44.9 Å². The lowest BCUT2D eigenvalue weighted by Crippen LogP contribution is -2.08. The fourth-order valence-electron chi connectivity index (χ4n) is 1.98. The molecule has 0 amide bonds. The Balaban J connectivity index is 1.76. The van der Waals surface area contributed by atoms with E-state index in [1.807, 2.05) is 44.2 Å². The summed E-state index contributed by atoms with van der Waals surface area (Å²) in [7, 11) is 0. The van der Waals surface area contributed by atoms with Crippen molar-refractivity contribution in [1.29, 1.82) is 0 Å². The number of nitrogens with zero attached hydrogens (tertiary/aromatic N) is 2. The van der Waals surface area contributed by atoms with Crippen molar-refractivity contribution in [1.82, 2.24) is 9.97 Å². The normalized spacial score (nSPS) is 14.0. The van der Waals surface area contributed by atoms with Crippen molar-refractivity contribution < 1.29 is 4.74 Å². The molecule has 1 aliphatic carbocycles. The highest BCUT2D eigenvalue weighted by atomic mass is 16.5. The van der Waals surface area contributed by atoms with E-state index in [9.17, 15) is 0 Å². The van der Waals surface area contributed by atoms with Crippen LogP contribution < -0.4 is 15.4 Å². The third kappa shape index (κ3) is 3.84. The van der Waals surface area contributed by atoms with E-state index in [0.717, 1.165) is 17.3 Å². The van der Waals surface area contributed by atoms with Crippen LogP contribution in [-0.4, -0.2) is 22.1 Å². The van der Waals surface area contributed by atoms with Gasteiger partial charge in [-0.25, -0.2) is 4.98 Å². The Bertz CT molecular complexity index is 611. The number of anilines is 3. The molecule has 1 aromatic carbocycles. The number of hydrogen-bond donors (Lipinski definition) is 2. The molecule has 1 aromatic heterocycles. The number of nitrogens with one attached hydrogen (secondary N) is 2. The fraction of sp³-hybridized carbons (Fsp3) is 0.375. The van der Waals surface area contributed by atoms with Gasteiger partial charge in [-0.15, -0.1) is 0 Å². The Labute approximate surface area is 124 Å². The molecule has 3 rings (SSSR count). The van der Waals surface area contributed by atoms with Gasteiger partial charge in [-0.3, -0.25) is 0 Å². The second kappa shape index (κ2) is 5.99.